The Bertz CT molecular complexity index is 596. The number of pyridine rings is 1. The second kappa shape index (κ2) is 6.01. The van der Waals surface area contributed by atoms with E-state index in [0.717, 1.165) is 3.57 Å². The Morgan fingerprint density at radius 2 is 2.00 bits per heavy atom. The highest BCUT2D eigenvalue weighted by molar-refractivity contribution is 14.1. The van der Waals surface area contributed by atoms with Crippen molar-refractivity contribution in [2.75, 3.05) is 0 Å². The van der Waals surface area contributed by atoms with Gasteiger partial charge in [0.15, 0.2) is 0 Å². The topological polar surface area (TPSA) is 59.4 Å². The number of carbonyl (C=O) groups is 1. The molecule has 1 heterocycles. The van der Waals surface area contributed by atoms with Crippen molar-refractivity contribution in [3.8, 4) is 11.6 Å². The van der Waals surface area contributed by atoms with Crippen molar-refractivity contribution in [3.63, 3.8) is 0 Å². The lowest BCUT2D eigenvalue weighted by molar-refractivity contribution is 0.0696. The molecule has 0 bridgehead atoms. The summed E-state index contributed by atoms with van der Waals surface area (Å²) < 4.78 is 6.69. The first-order chi connectivity index (χ1) is 9.08. The molecule has 1 aromatic carbocycles. The molecule has 2 rings (SSSR count). The molecule has 0 saturated heterocycles. The van der Waals surface area contributed by atoms with Crippen LogP contribution in [0, 0.1) is 3.57 Å². The predicted octanol–water partition coefficient (Wildman–Crippen LogP) is 3.74. The number of carboxylic acids is 1. The standard InChI is InChI=1S/C14H12INO3/c1-2-11-7-9(14(17)18)8-13(16-11)19-12-5-3-10(15)4-6-12/h3-8H,2H2,1H3,(H,17,18). The van der Waals surface area contributed by atoms with E-state index in [9.17, 15) is 4.79 Å². The van der Waals surface area contributed by atoms with Crippen molar-refractivity contribution in [1.29, 1.82) is 0 Å². The van der Waals surface area contributed by atoms with E-state index in [-0.39, 0.29) is 5.56 Å². The Kier molecular flexibility index (Phi) is 4.36. The zero-order chi connectivity index (χ0) is 13.8. The minimum atomic E-state index is -0.982. The van der Waals surface area contributed by atoms with E-state index in [4.69, 9.17) is 9.84 Å². The molecule has 19 heavy (non-hydrogen) atoms. The summed E-state index contributed by atoms with van der Waals surface area (Å²) in [6, 6.07) is 10.5. The van der Waals surface area contributed by atoms with Crippen LogP contribution in [0.2, 0.25) is 0 Å². The fourth-order valence-electron chi connectivity index (χ4n) is 1.54. The molecule has 0 aliphatic carbocycles. The quantitative estimate of drug-likeness (QED) is 0.835. The van der Waals surface area contributed by atoms with Crippen LogP contribution < -0.4 is 4.74 Å². The summed E-state index contributed by atoms with van der Waals surface area (Å²) in [5.74, 6) is -0.0416. The molecular weight excluding hydrogens is 357 g/mol. The molecule has 0 atom stereocenters. The van der Waals surface area contributed by atoms with Gasteiger partial charge in [0.1, 0.15) is 5.75 Å². The second-order valence-corrected chi connectivity index (χ2v) is 5.15. The van der Waals surface area contributed by atoms with Gasteiger partial charge >= 0.3 is 5.97 Å². The molecule has 0 amide bonds. The Morgan fingerprint density at radius 1 is 1.32 bits per heavy atom. The van der Waals surface area contributed by atoms with Crippen molar-refractivity contribution in [1.82, 2.24) is 4.98 Å². The number of hydrogen-bond acceptors (Lipinski definition) is 3. The summed E-state index contributed by atoms with van der Waals surface area (Å²) in [6.07, 6.45) is 0.657. The SMILES string of the molecule is CCc1cc(C(=O)O)cc(Oc2ccc(I)cc2)n1. The predicted molar refractivity (Wildman–Crippen MR) is 79.8 cm³/mol. The van der Waals surface area contributed by atoms with E-state index in [0.29, 0.717) is 23.7 Å². The van der Waals surface area contributed by atoms with Crippen LogP contribution in [0.25, 0.3) is 0 Å². The number of aryl methyl sites for hydroxylation is 1. The van der Waals surface area contributed by atoms with Crippen molar-refractivity contribution < 1.29 is 14.6 Å². The third kappa shape index (κ3) is 3.66. The van der Waals surface area contributed by atoms with Crippen molar-refractivity contribution in [2.24, 2.45) is 0 Å². The molecule has 1 N–H and O–H groups in total. The number of carboxylic acid groups (broad SMARTS) is 1. The smallest absolute Gasteiger partial charge is 0.335 e. The number of aromatic nitrogens is 1. The maximum Gasteiger partial charge on any atom is 0.335 e. The number of rotatable bonds is 4. The van der Waals surface area contributed by atoms with Gasteiger partial charge in [0.25, 0.3) is 0 Å². The second-order valence-electron chi connectivity index (χ2n) is 3.90. The van der Waals surface area contributed by atoms with Crippen LogP contribution in [0.15, 0.2) is 36.4 Å². The van der Waals surface area contributed by atoms with Gasteiger partial charge in [-0.2, -0.15) is 0 Å². The lowest BCUT2D eigenvalue weighted by atomic mass is 10.2. The monoisotopic (exact) mass is 369 g/mol. The fraction of sp³-hybridized carbons (Fsp3) is 0.143. The van der Waals surface area contributed by atoms with Gasteiger partial charge in [-0.15, -0.1) is 0 Å². The first-order valence-electron chi connectivity index (χ1n) is 5.76. The molecule has 0 saturated carbocycles. The Balaban J connectivity index is 2.31. The van der Waals surface area contributed by atoms with Gasteiger partial charge in [-0.05, 0) is 59.3 Å². The molecule has 4 nitrogen and oxygen atoms in total. The molecule has 2 aromatic rings. The van der Waals surface area contributed by atoms with Gasteiger partial charge in [0, 0.05) is 15.3 Å². The van der Waals surface area contributed by atoms with Gasteiger partial charge in [0.2, 0.25) is 5.88 Å². The lowest BCUT2D eigenvalue weighted by Gasteiger charge is -2.07. The summed E-state index contributed by atoms with van der Waals surface area (Å²) in [6.45, 7) is 1.92. The van der Waals surface area contributed by atoms with Crippen LogP contribution in [0.1, 0.15) is 23.0 Å². The highest BCUT2D eigenvalue weighted by Gasteiger charge is 2.09. The van der Waals surface area contributed by atoms with Gasteiger partial charge in [-0.3, -0.25) is 0 Å². The summed E-state index contributed by atoms with van der Waals surface area (Å²) in [5.41, 5.74) is 0.882. The molecule has 0 aliphatic rings. The number of aromatic carboxylic acids is 1. The molecule has 1 aromatic heterocycles. The van der Waals surface area contributed by atoms with Crippen LogP contribution in [0.5, 0.6) is 11.6 Å². The van der Waals surface area contributed by atoms with Crippen LogP contribution in [-0.4, -0.2) is 16.1 Å². The van der Waals surface area contributed by atoms with Crippen LogP contribution in [0.3, 0.4) is 0 Å². The van der Waals surface area contributed by atoms with Crippen LogP contribution >= 0.6 is 22.6 Å². The van der Waals surface area contributed by atoms with Crippen molar-refractivity contribution in [3.05, 3.63) is 51.2 Å². The summed E-state index contributed by atoms with van der Waals surface area (Å²) in [4.78, 5) is 15.3. The zero-order valence-electron chi connectivity index (χ0n) is 10.3. The molecule has 0 radical (unpaired) electrons. The highest BCUT2D eigenvalue weighted by Crippen LogP contribution is 2.22. The van der Waals surface area contributed by atoms with Crippen molar-refractivity contribution >= 4 is 28.6 Å². The molecule has 5 heteroatoms. The molecule has 0 fully saturated rings. The van der Waals surface area contributed by atoms with E-state index < -0.39 is 5.97 Å². The van der Waals surface area contributed by atoms with E-state index in [1.165, 1.54) is 6.07 Å². The number of ether oxygens (including phenoxy) is 1. The Labute approximate surface area is 124 Å². The van der Waals surface area contributed by atoms with Crippen LogP contribution in [0.4, 0.5) is 0 Å². The third-order valence-corrected chi connectivity index (χ3v) is 3.22. The van der Waals surface area contributed by atoms with Gasteiger partial charge < -0.3 is 9.84 Å². The maximum absolute atomic E-state index is 11.0. The largest absolute Gasteiger partial charge is 0.478 e. The third-order valence-electron chi connectivity index (χ3n) is 2.50. The average Bonchev–Trinajstić information content (AvgIpc) is 2.41. The average molecular weight is 369 g/mol. The van der Waals surface area contributed by atoms with E-state index in [2.05, 4.69) is 27.6 Å². The van der Waals surface area contributed by atoms with Crippen LogP contribution in [-0.2, 0) is 6.42 Å². The maximum atomic E-state index is 11.0. The van der Waals surface area contributed by atoms with Gasteiger partial charge in [-0.25, -0.2) is 9.78 Å². The molecule has 0 unspecified atom stereocenters. The normalized spacial score (nSPS) is 10.2. The van der Waals surface area contributed by atoms with E-state index in [1.54, 1.807) is 6.07 Å². The first kappa shape index (κ1) is 13.8. The Hall–Kier alpha value is -1.63. The molecule has 98 valence electrons. The molecular formula is C14H12INO3. The minimum absolute atomic E-state index is 0.187. The number of hydrogen-bond donors (Lipinski definition) is 1. The zero-order valence-corrected chi connectivity index (χ0v) is 12.4. The van der Waals surface area contributed by atoms with E-state index in [1.807, 2.05) is 31.2 Å². The summed E-state index contributed by atoms with van der Waals surface area (Å²) >= 11 is 2.20. The Morgan fingerprint density at radius 3 is 2.58 bits per heavy atom. The number of nitrogens with zero attached hydrogens (tertiary/aromatic N) is 1. The van der Waals surface area contributed by atoms with E-state index >= 15 is 0 Å². The fourth-order valence-corrected chi connectivity index (χ4v) is 1.90. The highest BCUT2D eigenvalue weighted by atomic mass is 127. The first-order valence-corrected chi connectivity index (χ1v) is 6.84. The summed E-state index contributed by atoms with van der Waals surface area (Å²) in [7, 11) is 0. The molecule has 0 aliphatic heterocycles. The summed E-state index contributed by atoms with van der Waals surface area (Å²) in [5, 5.41) is 9.05. The minimum Gasteiger partial charge on any atom is -0.478 e. The van der Waals surface area contributed by atoms with Gasteiger partial charge in [0.05, 0.1) is 5.56 Å². The molecule has 0 spiro atoms. The number of halogens is 1. The van der Waals surface area contributed by atoms with Crippen molar-refractivity contribution in [2.45, 2.75) is 13.3 Å². The lowest BCUT2D eigenvalue weighted by Crippen LogP contribution is -2.01. The number of benzene rings is 1. The van der Waals surface area contributed by atoms with Gasteiger partial charge in [-0.1, -0.05) is 6.92 Å².